The topological polar surface area (TPSA) is 55.5 Å². The van der Waals surface area contributed by atoms with Crippen LogP contribution in [0, 0.1) is 13.8 Å². The number of carbonyl (C=O) groups excluding carboxylic acids is 1. The molecule has 1 N–H and O–H groups in total. The molecule has 0 spiro atoms. The monoisotopic (exact) mass is 343 g/mol. The zero-order valence-electron chi connectivity index (χ0n) is 15.8. The van der Waals surface area contributed by atoms with E-state index in [-0.39, 0.29) is 5.91 Å². The number of rotatable bonds is 4. The summed E-state index contributed by atoms with van der Waals surface area (Å²) in [6.45, 7) is 9.28. The van der Waals surface area contributed by atoms with Crippen molar-refractivity contribution in [1.82, 2.24) is 24.7 Å². The predicted molar refractivity (Wildman–Crippen MR) is 101 cm³/mol. The summed E-state index contributed by atoms with van der Waals surface area (Å²) >= 11 is 0. The number of aryl methyl sites for hydroxylation is 2. The van der Waals surface area contributed by atoms with Crippen molar-refractivity contribution in [3.63, 3.8) is 0 Å². The number of hydrogen-bond acceptors (Lipinski definition) is 4. The second-order valence-electron chi connectivity index (χ2n) is 7.32. The predicted octanol–water partition coefficient (Wildman–Crippen LogP) is 1.78. The Balaban J connectivity index is 1.61. The fraction of sp³-hybridized carbons (Fsp3) is 0.579. The molecule has 0 atom stereocenters. The maximum absolute atomic E-state index is 12.6. The Hall–Kier alpha value is -1.92. The molecule has 6 heteroatoms. The zero-order chi connectivity index (χ0) is 18.0. The lowest BCUT2D eigenvalue weighted by Crippen LogP contribution is -2.39. The van der Waals surface area contributed by atoms with Gasteiger partial charge in [-0.15, -0.1) is 0 Å². The summed E-state index contributed by atoms with van der Waals surface area (Å²) in [6, 6.07) is 4.22. The van der Waals surface area contributed by atoms with Gasteiger partial charge < -0.3 is 14.8 Å². The van der Waals surface area contributed by atoms with E-state index in [1.165, 1.54) is 11.1 Å². The summed E-state index contributed by atoms with van der Waals surface area (Å²) in [7, 11) is 4.00. The standard InChI is InChI=1S/C19H29N5O/c1-14-10-16-17(11-15(14)2)21-18(20-16)12-23(4)19(25)13-24-7-5-6-22(3)8-9-24/h10-11H,5-9,12-13H2,1-4H3,(H,20,21). The van der Waals surface area contributed by atoms with Gasteiger partial charge in [-0.25, -0.2) is 4.98 Å². The minimum absolute atomic E-state index is 0.150. The van der Waals surface area contributed by atoms with Crippen LogP contribution in [0.1, 0.15) is 23.4 Å². The number of carbonyl (C=O) groups is 1. The first kappa shape index (κ1) is 17.9. The normalized spacial score (nSPS) is 17.0. The van der Waals surface area contributed by atoms with Crippen LogP contribution < -0.4 is 0 Å². The molecule has 1 aliphatic heterocycles. The average molecular weight is 343 g/mol. The van der Waals surface area contributed by atoms with Crippen LogP contribution in [0.15, 0.2) is 12.1 Å². The third kappa shape index (κ3) is 4.38. The molecular formula is C19H29N5O. The van der Waals surface area contributed by atoms with Gasteiger partial charge in [0.05, 0.1) is 24.1 Å². The quantitative estimate of drug-likeness (QED) is 0.919. The SMILES string of the molecule is Cc1cc2nc(CN(C)C(=O)CN3CCCN(C)CC3)[nH]c2cc1C. The Morgan fingerprint density at radius 3 is 2.76 bits per heavy atom. The van der Waals surface area contributed by atoms with Gasteiger partial charge >= 0.3 is 0 Å². The molecule has 1 amide bonds. The van der Waals surface area contributed by atoms with Crippen molar-refractivity contribution < 1.29 is 4.79 Å². The summed E-state index contributed by atoms with van der Waals surface area (Å²) < 4.78 is 0. The Morgan fingerprint density at radius 2 is 1.96 bits per heavy atom. The van der Waals surface area contributed by atoms with Crippen LogP contribution in [0.5, 0.6) is 0 Å². The van der Waals surface area contributed by atoms with Gasteiger partial charge in [-0.1, -0.05) is 0 Å². The van der Waals surface area contributed by atoms with Crippen LogP contribution in [0.25, 0.3) is 11.0 Å². The highest BCUT2D eigenvalue weighted by Crippen LogP contribution is 2.17. The van der Waals surface area contributed by atoms with E-state index in [1.54, 1.807) is 4.90 Å². The van der Waals surface area contributed by atoms with E-state index in [0.29, 0.717) is 13.1 Å². The van der Waals surface area contributed by atoms with E-state index < -0.39 is 0 Å². The number of hydrogen-bond donors (Lipinski definition) is 1. The number of benzene rings is 1. The van der Waals surface area contributed by atoms with Crippen molar-refractivity contribution in [2.45, 2.75) is 26.8 Å². The van der Waals surface area contributed by atoms with Gasteiger partial charge in [0.15, 0.2) is 0 Å². The van der Waals surface area contributed by atoms with Crippen LogP contribution in [0.3, 0.4) is 0 Å². The molecule has 6 nitrogen and oxygen atoms in total. The Morgan fingerprint density at radius 1 is 1.20 bits per heavy atom. The fourth-order valence-corrected chi connectivity index (χ4v) is 3.28. The third-order valence-corrected chi connectivity index (χ3v) is 5.13. The summed E-state index contributed by atoms with van der Waals surface area (Å²) in [4.78, 5) is 26.9. The smallest absolute Gasteiger partial charge is 0.236 e. The zero-order valence-corrected chi connectivity index (χ0v) is 15.8. The minimum Gasteiger partial charge on any atom is -0.340 e. The molecule has 0 bridgehead atoms. The summed E-state index contributed by atoms with van der Waals surface area (Å²) in [5, 5.41) is 0. The second-order valence-corrected chi connectivity index (χ2v) is 7.32. The van der Waals surface area contributed by atoms with Crippen molar-refractivity contribution >= 4 is 16.9 Å². The molecule has 136 valence electrons. The van der Waals surface area contributed by atoms with Gasteiger partial charge in [0, 0.05) is 20.1 Å². The number of aromatic amines is 1. The van der Waals surface area contributed by atoms with E-state index in [2.05, 4.69) is 52.8 Å². The number of nitrogens with zero attached hydrogens (tertiary/aromatic N) is 4. The van der Waals surface area contributed by atoms with Crippen molar-refractivity contribution in [2.24, 2.45) is 0 Å². The maximum atomic E-state index is 12.6. The molecule has 1 aromatic heterocycles. The molecule has 1 saturated heterocycles. The summed E-state index contributed by atoms with van der Waals surface area (Å²) in [5.41, 5.74) is 4.49. The average Bonchev–Trinajstić information content (AvgIpc) is 2.81. The van der Waals surface area contributed by atoms with Crippen molar-refractivity contribution in [3.05, 3.63) is 29.1 Å². The molecule has 1 aliphatic rings. The molecule has 3 rings (SSSR count). The third-order valence-electron chi connectivity index (χ3n) is 5.13. The van der Waals surface area contributed by atoms with Gasteiger partial charge in [0.1, 0.15) is 5.82 Å². The maximum Gasteiger partial charge on any atom is 0.236 e. The van der Waals surface area contributed by atoms with E-state index >= 15 is 0 Å². The minimum atomic E-state index is 0.150. The van der Waals surface area contributed by atoms with Crippen LogP contribution in [0.2, 0.25) is 0 Å². The molecule has 25 heavy (non-hydrogen) atoms. The summed E-state index contributed by atoms with van der Waals surface area (Å²) in [6.07, 6.45) is 1.12. The van der Waals surface area contributed by atoms with Crippen LogP contribution in [-0.2, 0) is 11.3 Å². The van der Waals surface area contributed by atoms with Crippen molar-refractivity contribution in [1.29, 1.82) is 0 Å². The molecule has 0 unspecified atom stereocenters. The largest absolute Gasteiger partial charge is 0.340 e. The first-order chi connectivity index (χ1) is 11.9. The van der Waals surface area contributed by atoms with Gasteiger partial charge in [-0.05, 0) is 63.7 Å². The molecular weight excluding hydrogens is 314 g/mol. The van der Waals surface area contributed by atoms with E-state index in [9.17, 15) is 4.79 Å². The van der Waals surface area contributed by atoms with Gasteiger partial charge in [-0.3, -0.25) is 9.69 Å². The number of aromatic nitrogens is 2. The number of nitrogens with one attached hydrogen (secondary N) is 1. The summed E-state index contributed by atoms with van der Waals surface area (Å²) in [5.74, 6) is 0.990. The highest BCUT2D eigenvalue weighted by molar-refractivity contribution is 5.79. The fourth-order valence-electron chi connectivity index (χ4n) is 3.28. The van der Waals surface area contributed by atoms with E-state index in [0.717, 1.165) is 49.5 Å². The van der Waals surface area contributed by atoms with Crippen molar-refractivity contribution in [3.8, 4) is 0 Å². The first-order valence-electron chi connectivity index (χ1n) is 9.03. The number of likely N-dealkylation sites (N-methyl/N-ethyl adjacent to an activating group) is 2. The molecule has 0 radical (unpaired) electrons. The Kier molecular flexibility index (Phi) is 5.39. The van der Waals surface area contributed by atoms with Gasteiger partial charge in [0.25, 0.3) is 0 Å². The lowest BCUT2D eigenvalue weighted by Gasteiger charge is -2.23. The highest BCUT2D eigenvalue weighted by atomic mass is 16.2. The second kappa shape index (κ2) is 7.54. The lowest BCUT2D eigenvalue weighted by molar-refractivity contribution is -0.131. The molecule has 1 aromatic carbocycles. The first-order valence-corrected chi connectivity index (χ1v) is 9.03. The van der Waals surface area contributed by atoms with Gasteiger partial charge in [0.2, 0.25) is 5.91 Å². The molecule has 2 aromatic rings. The number of amides is 1. The number of imidazole rings is 1. The van der Waals surface area contributed by atoms with Crippen LogP contribution >= 0.6 is 0 Å². The highest BCUT2D eigenvalue weighted by Gasteiger charge is 2.18. The van der Waals surface area contributed by atoms with Crippen LogP contribution in [0.4, 0.5) is 0 Å². The molecule has 1 fully saturated rings. The van der Waals surface area contributed by atoms with E-state index in [4.69, 9.17) is 0 Å². The number of H-pyrrole nitrogens is 1. The van der Waals surface area contributed by atoms with Gasteiger partial charge in [-0.2, -0.15) is 0 Å². The lowest BCUT2D eigenvalue weighted by atomic mass is 10.1. The van der Waals surface area contributed by atoms with Crippen molar-refractivity contribution in [2.75, 3.05) is 46.8 Å². The van der Waals surface area contributed by atoms with E-state index in [1.807, 2.05) is 7.05 Å². The Bertz CT molecular complexity index is 715. The molecule has 0 saturated carbocycles. The molecule has 2 heterocycles. The molecule has 0 aliphatic carbocycles. The number of fused-ring (bicyclic) bond motifs is 1. The van der Waals surface area contributed by atoms with Crippen LogP contribution in [-0.4, -0.2) is 77.4 Å². The Labute approximate surface area is 149 Å².